The molecule has 1 saturated heterocycles. The maximum absolute atomic E-state index is 10.1. The Morgan fingerprint density at radius 1 is 1.53 bits per heavy atom. The third kappa shape index (κ3) is 2.96. The highest BCUT2D eigenvalue weighted by molar-refractivity contribution is 5.45. The number of piperidine rings is 1. The van der Waals surface area contributed by atoms with E-state index in [9.17, 15) is 5.11 Å². The topological polar surface area (TPSA) is 62.4 Å². The highest BCUT2D eigenvalue weighted by Crippen LogP contribution is 2.25. The molecule has 0 aliphatic carbocycles. The minimum absolute atomic E-state index is 0.0338. The van der Waals surface area contributed by atoms with Crippen molar-refractivity contribution in [2.45, 2.75) is 38.3 Å². The molecular formula is C13H21N3O. The summed E-state index contributed by atoms with van der Waals surface area (Å²) in [5, 5.41) is 10.1. The number of hydrogen-bond donors (Lipinski definition) is 2. The van der Waals surface area contributed by atoms with Gasteiger partial charge in [-0.05, 0) is 38.8 Å². The summed E-state index contributed by atoms with van der Waals surface area (Å²) in [6, 6.07) is 3.96. The van der Waals surface area contributed by atoms with Gasteiger partial charge in [0, 0.05) is 19.1 Å². The summed E-state index contributed by atoms with van der Waals surface area (Å²) in [6.07, 6.45) is 3.73. The van der Waals surface area contributed by atoms with E-state index in [2.05, 4.69) is 9.88 Å². The van der Waals surface area contributed by atoms with Gasteiger partial charge in [-0.15, -0.1) is 0 Å². The fourth-order valence-corrected chi connectivity index (χ4v) is 2.29. The summed E-state index contributed by atoms with van der Waals surface area (Å²) in [7, 11) is 0. The van der Waals surface area contributed by atoms with Crippen molar-refractivity contribution in [3.63, 3.8) is 0 Å². The Hall–Kier alpha value is -1.13. The molecule has 1 aliphatic rings. The molecule has 0 aromatic carbocycles. The lowest BCUT2D eigenvalue weighted by molar-refractivity contribution is 0.0449. The summed E-state index contributed by atoms with van der Waals surface area (Å²) < 4.78 is 0. The van der Waals surface area contributed by atoms with Crippen LogP contribution < -0.4 is 10.6 Å². The number of anilines is 1. The maximum Gasteiger partial charge on any atom is 0.0794 e. The maximum atomic E-state index is 10.1. The molecule has 2 rings (SSSR count). The molecule has 94 valence electrons. The first-order chi connectivity index (χ1) is 7.98. The van der Waals surface area contributed by atoms with E-state index in [0.717, 1.165) is 30.8 Å². The van der Waals surface area contributed by atoms with Crippen molar-refractivity contribution in [2.75, 3.05) is 18.0 Å². The van der Waals surface area contributed by atoms with Gasteiger partial charge >= 0.3 is 0 Å². The number of rotatable bonds is 2. The molecule has 1 aromatic rings. The minimum Gasteiger partial charge on any atom is -0.388 e. The average Bonchev–Trinajstić information content (AvgIpc) is 2.28. The van der Waals surface area contributed by atoms with Crippen molar-refractivity contribution in [1.82, 2.24) is 4.98 Å². The number of aliphatic hydroxyl groups is 1. The lowest BCUT2D eigenvalue weighted by Crippen LogP contribution is -2.46. The van der Waals surface area contributed by atoms with Crippen LogP contribution >= 0.6 is 0 Å². The van der Waals surface area contributed by atoms with E-state index in [1.54, 1.807) is 0 Å². The molecule has 2 unspecified atom stereocenters. The normalized spacial score (nSPS) is 26.9. The van der Waals surface area contributed by atoms with Crippen LogP contribution in [0.1, 0.15) is 38.4 Å². The third-order valence-electron chi connectivity index (χ3n) is 3.28. The van der Waals surface area contributed by atoms with Crippen LogP contribution in [0.2, 0.25) is 0 Å². The number of hydrogen-bond acceptors (Lipinski definition) is 4. The van der Waals surface area contributed by atoms with Crippen molar-refractivity contribution >= 4 is 5.69 Å². The second-order valence-electron chi connectivity index (χ2n) is 5.25. The minimum atomic E-state index is -0.585. The molecule has 3 N–H and O–H groups in total. The number of nitrogens with two attached hydrogens (primary N) is 1. The van der Waals surface area contributed by atoms with Crippen LogP contribution in [0.25, 0.3) is 0 Å². The first-order valence-electron chi connectivity index (χ1n) is 6.17. The Morgan fingerprint density at radius 2 is 2.29 bits per heavy atom. The van der Waals surface area contributed by atoms with Crippen LogP contribution in [0.15, 0.2) is 18.3 Å². The van der Waals surface area contributed by atoms with Crippen LogP contribution in [0.5, 0.6) is 0 Å². The zero-order valence-corrected chi connectivity index (χ0v) is 10.6. The Kier molecular flexibility index (Phi) is 3.35. The fourth-order valence-electron chi connectivity index (χ4n) is 2.29. The standard InChI is InChI=1S/C13H21N3O/c1-10(14)12-5-4-11(8-15-12)16-7-3-6-13(2,17)9-16/h4-5,8,10,17H,3,6-7,9,14H2,1-2H3. The summed E-state index contributed by atoms with van der Waals surface area (Å²) in [6.45, 7) is 5.47. The van der Waals surface area contributed by atoms with Gasteiger partial charge in [-0.25, -0.2) is 0 Å². The van der Waals surface area contributed by atoms with E-state index >= 15 is 0 Å². The molecule has 4 nitrogen and oxygen atoms in total. The molecule has 0 spiro atoms. The van der Waals surface area contributed by atoms with Crippen LogP contribution in [0.4, 0.5) is 5.69 Å². The summed E-state index contributed by atoms with van der Waals surface area (Å²) in [4.78, 5) is 6.53. The Morgan fingerprint density at radius 3 is 2.82 bits per heavy atom. The number of aromatic nitrogens is 1. The molecule has 2 heterocycles. The number of β-amino-alcohol motifs (C(OH)–C–C–N with tert-alkyl or cyclic N) is 1. The Labute approximate surface area is 102 Å². The van der Waals surface area contributed by atoms with Crippen LogP contribution in [-0.4, -0.2) is 28.8 Å². The van der Waals surface area contributed by atoms with Gasteiger partial charge in [0.05, 0.1) is 23.2 Å². The van der Waals surface area contributed by atoms with Gasteiger partial charge in [0.25, 0.3) is 0 Å². The van der Waals surface area contributed by atoms with Crippen LogP contribution in [0.3, 0.4) is 0 Å². The van der Waals surface area contributed by atoms with E-state index in [-0.39, 0.29) is 6.04 Å². The van der Waals surface area contributed by atoms with Crippen molar-refractivity contribution in [2.24, 2.45) is 5.73 Å². The quantitative estimate of drug-likeness (QED) is 0.814. The summed E-state index contributed by atoms with van der Waals surface area (Å²) in [5.74, 6) is 0. The Balaban J connectivity index is 2.12. The second-order valence-corrected chi connectivity index (χ2v) is 5.25. The second kappa shape index (κ2) is 4.63. The first-order valence-corrected chi connectivity index (χ1v) is 6.17. The van der Waals surface area contributed by atoms with Gasteiger partial charge in [0.15, 0.2) is 0 Å². The molecule has 1 aromatic heterocycles. The highest BCUT2D eigenvalue weighted by atomic mass is 16.3. The number of nitrogens with zero attached hydrogens (tertiary/aromatic N) is 2. The summed E-state index contributed by atoms with van der Waals surface area (Å²) in [5.41, 5.74) is 7.15. The fraction of sp³-hybridized carbons (Fsp3) is 0.615. The average molecular weight is 235 g/mol. The van der Waals surface area contributed by atoms with Gasteiger partial charge in [0.2, 0.25) is 0 Å². The zero-order valence-electron chi connectivity index (χ0n) is 10.6. The van der Waals surface area contributed by atoms with Crippen molar-refractivity contribution < 1.29 is 5.11 Å². The van der Waals surface area contributed by atoms with E-state index in [0.29, 0.717) is 6.54 Å². The smallest absolute Gasteiger partial charge is 0.0794 e. The van der Waals surface area contributed by atoms with Gasteiger partial charge in [0.1, 0.15) is 0 Å². The molecule has 0 radical (unpaired) electrons. The van der Waals surface area contributed by atoms with Crippen LogP contribution in [0, 0.1) is 0 Å². The molecule has 0 saturated carbocycles. The van der Waals surface area contributed by atoms with Gasteiger partial charge < -0.3 is 15.7 Å². The lowest BCUT2D eigenvalue weighted by atomic mass is 9.95. The molecule has 4 heteroatoms. The van der Waals surface area contributed by atoms with Crippen molar-refractivity contribution in [3.05, 3.63) is 24.0 Å². The molecule has 0 amide bonds. The predicted octanol–water partition coefficient (Wildman–Crippen LogP) is 1.45. The van der Waals surface area contributed by atoms with Gasteiger partial charge in [-0.3, -0.25) is 4.98 Å². The highest BCUT2D eigenvalue weighted by Gasteiger charge is 2.28. The van der Waals surface area contributed by atoms with E-state index in [1.807, 2.05) is 32.2 Å². The SMILES string of the molecule is CC(N)c1ccc(N2CCCC(C)(O)C2)cn1. The lowest BCUT2D eigenvalue weighted by Gasteiger charge is -2.38. The van der Waals surface area contributed by atoms with E-state index in [4.69, 9.17) is 5.73 Å². The molecule has 0 bridgehead atoms. The van der Waals surface area contributed by atoms with Crippen LogP contribution in [-0.2, 0) is 0 Å². The molecule has 1 aliphatic heterocycles. The largest absolute Gasteiger partial charge is 0.388 e. The monoisotopic (exact) mass is 235 g/mol. The third-order valence-corrected chi connectivity index (χ3v) is 3.28. The van der Waals surface area contributed by atoms with E-state index in [1.165, 1.54) is 0 Å². The molecule has 1 fully saturated rings. The number of pyridine rings is 1. The summed E-state index contributed by atoms with van der Waals surface area (Å²) >= 11 is 0. The predicted molar refractivity (Wildman–Crippen MR) is 68.9 cm³/mol. The van der Waals surface area contributed by atoms with Crippen molar-refractivity contribution in [3.8, 4) is 0 Å². The molecule has 17 heavy (non-hydrogen) atoms. The van der Waals surface area contributed by atoms with E-state index < -0.39 is 5.60 Å². The molecule has 2 atom stereocenters. The molecular weight excluding hydrogens is 214 g/mol. The van der Waals surface area contributed by atoms with Gasteiger partial charge in [-0.2, -0.15) is 0 Å². The van der Waals surface area contributed by atoms with Crippen molar-refractivity contribution in [1.29, 1.82) is 0 Å². The van der Waals surface area contributed by atoms with Gasteiger partial charge in [-0.1, -0.05) is 0 Å². The Bertz CT molecular complexity index is 373. The first kappa shape index (κ1) is 12.3. The zero-order chi connectivity index (χ0) is 12.5.